The number of hydrogen-bond acceptors (Lipinski definition) is 2. The van der Waals surface area contributed by atoms with E-state index in [-0.39, 0.29) is 11.3 Å². The smallest absolute Gasteiger partial charge is 0.336 e. The van der Waals surface area contributed by atoms with Crippen molar-refractivity contribution in [1.29, 1.82) is 0 Å². The highest BCUT2D eigenvalue weighted by Gasteiger charge is 2.19. The van der Waals surface area contributed by atoms with Gasteiger partial charge in [-0.15, -0.1) is 0 Å². The third kappa shape index (κ3) is 1.05. The van der Waals surface area contributed by atoms with Crippen LogP contribution in [0.15, 0.2) is 24.3 Å². The third-order valence-electron chi connectivity index (χ3n) is 2.00. The molecule has 1 N–H and O–H groups in total. The number of carbonyl (C=O) groups is 2. The highest BCUT2D eigenvalue weighted by Crippen LogP contribution is 2.22. The number of aromatic carboxylic acids is 1. The predicted octanol–water partition coefficient (Wildman–Crippen LogP) is 1.59. The zero-order valence-electron chi connectivity index (χ0n) is 6.65. The first-order chi connectivity index (χ1) is 6.20. The minimum Gasteiger partial charge on any atom is -0.478 e. The molecular formula is C10H6O3. The van der Waals surface area contributed by atoms with Gasteiger partial charge < -0.3 is 5.11 Å². The van der Waals surface area contributed by atoms with Crippen LogP contribution in [0.3, 0.4) is 0 Å². The van der Waals surface area contributed by atoms with Crippen molar-refractivity contribution in [2.24, 2.45) is 0 Å². The predicted molar refractivity (Wildman–Crippen MR) is 46.8 cm³/mol. The van der Waals surface area contributed by atoms with Gasteiger partial charge in [0.25, 0.3) is 0 Å². The quantitative estimate of drug-likeness (QED) is 0.703. The molecule has 0 radical (unpaired) electrons. The van der Waals surface area contributed by atoms with Crippen LogP contribution in [-0.2, 0) is 0 Å². The molecule has 3 heteroatoms. The van der Waals surface area contributed by atoms with E-state index >= 15 is 0 Å². The maximum Gasteiger partial charge on any atom is 0.336 e. The minimum absolute atomic E-state index is 0.127. The van der Waals surface area contributed by atoms with Crippen LogP contribution in [0.5, 0.6) is 0 Å². The molecule has 3 nitrogen and oxygen atoms in total. The number of allylic oxidation sites excluding steroid dienone is 1. The van der Waals surface area contributed by atoms with Crippen molar-refractivity contribution in [2.75, 3.05) is 0 Å². The summed E-state index contributed by atoms with van der Waals surface area (Å²) in [5.74, 6) is -1.13. The lowest BCUT2D eigenvalue weighted by Gasteiger charge is -2.00. The molecule has 64 valence electrons. The van der Waals surface area contributed by atoms with E-state index in [1.165, 1.54) is 12.1 Å². The topological polar surface area (TPSA) is 54.4 Å². The number of ketones is 1. The molecule has 0 amide bonds. The fraction of sp³-hybridized carbons (Fsp3) is 0. The summed E-state index contributed by atoms with van der Waals surface area (Å²) < 4.78 is 0. The first kappa shape index (κ1) is 7.73. The summed E-state index contributed by atoms with van der Waals surface area (Å²) in [4.78, 5) is 21.9. The van der Waals surface area contributed by atoms with Gasteiger partial charge in [-0.3, -0.25) is 4.79 Å². The van der Waals surface area contributed by atoms with Crippen LogP contribution >= 0.6 is 0 Å². The second-order valence-electron chi connectivity index (χ2n) is 2.77. The van der Waals surface area contributed by atoms with Gasteiger partial charge in [-0.2, -0.15) is 0 Å². The van der Waals surface area contributed by atoms with Crippen molar-refractivity contribution in [1.82, 2.24) is 0 Å². The molecule has 0 spiro atoms. The van der Waals surface area contributed by atoms with E-state index in [4.69, 9.17) is 5.11 Å². The van der Waals surface area contributed by atoms with Gasteiger partial charge >= 0.3 is 5.97 Å². The summed E-state index contributed by atoms with van der Waals surface area (Å²) in [5.41, 5.74) is 1.17. The van der Waals surface area contributed by atoms with Crippen LogP contribution in [0.2, 0.25) is 0 Å². The number of rotatable bonds is 1. The van der Waals surface area contributed by atoms with E-state index in [0.29, 0.717) is 11.1 Å². The van der Waals surface area contributed by atoms with Crippen LogP contribution in [0.1, 0.15) is 26.3 Å². The molecule has 0 atom stereocenters. The van der Waals surface area contributed by atoms with Gasteiger partial charge in [0.15, 0.2) is 5.78 Å². The maximum absolute atomic E-state index is 11.2. The molecule has 1 aromatic carbocycles. The lowest BCUT2D eigenvalue weighted by Crippen LogP contribution is -2.01. The Morgan fingerprint density at radius 1 is 1.23 bits per heavy atom. The van der Waals surface area contributed by atoms with E-state index in [1.54, 1.807) is 18.2 Å². The summed E-state index contributed by atoms with van der Waals surface area (Å²) in [7, 11) is 0. The summed E-state index contributed by atoms with van der Waals surface area (Å²) in [6, 6.07) is 4.70. The second-order valence-corrected chi connectivity index (χ2v) is 2.77. The van der Waals surface area contributed by atoms with Crippen LogP contribution in [0.25, 0.3) is 6.08 Å². The Labute approximate surface area is 74.3 Å². The van der Waals surface area contributed by atoms with Gasteiger partial charge in [-0.1, -0.05) is 12.1 Å². The highest BCUT2D eigenvalue weighted by molar-refractivity contribution is 6.16. The van der Waals surface area contributed by atoms with E-state index in [1.807, 2.05) is 0 Å². The number of carbonyl (C=O) groups excluding carboxylic acids is 1. The number of hydrogen-bond donors (Lipinski definition) is 1. The molecule has 0 saturated carbocycles. The first-order valence-electron chi connectivity index (χ1n) is 3.79. The van der Waals surface area contributed by atoms with Crippen LogP contribution < -0.4 is 0 Å². The molecule has 0 heterocycles. The molecule has 2 rings (SSSR count). The van der Waals surface area contributed by atoms with Crippen LogP contribution in [0, 0.1) is 0 Å². The molecule has 13 heavy (non-hydrogen) atoms. The Balaban J connectivity index is 2.70. The third-order valence-corrected chi connectivity index (χ3v) is 2.00. The molecule has 1 aliphatic carbocycles. The first-order valence-corrected chi connectivity index (χ1v) is 3.79. The SMILES string of the molecule is O=C(O)c1cccc2c1C=CC2=O. The highest BCUT2D eigenvalue weighted by atomic mass is 16.4. The Bertz CT molecular complexity index is 430. The van der Waals surface area contributed by atoms with Gasteiger partial charge in [0.1, 0.15) is 0 Å². The lowest BCUT2D eigenvalue weighted by atomic mass is 10.0. The molecule has 0 aromatic heterocycles. The number of carboxylic acid groups (broad SMARTS) is 1. The number of benzene rings is 1. The maximum atomic E-state index is 11.2. The van der Waals surface area contributed by atoms with Crippen LogP contribution in [-0.4, -0.2) is 16.9 Å². The molecular weight excluding hydrogens is 168 g/mol. The Hall–Kier alpha value is -1.90. The Morgan fingerprint density at radius 3 is 2.69 bits per heavy atom. The molecule has 0 saturated heterocycles. The average Bonchev–Trinajstić information content (AvgIpc) is 2.48. The van der Waals surface area contributed by atoms with Crippen molar-refractivity contribution in [3.8, 4) is 0 Å². The fourth-order valence-corrected chi connectivity index (χ4v) is 1.39. The fourth-order valence-electron chi connectivity index (χ4n) is 1.39. The minimum atomic E-state index is -1.00. The number of fused-ring (bicyclic) bond motifs is 1. The molecule has 1 aliphatic rings. The van der Waals surface area contributed by atoms with Crippen molar-refractivity contribution >= 4 is 17.8 Å². The monoisotopic (exact) mass is 174 g/mol. The summed E-state index contributed by atoms with van der Waals surface area (Å²) in [6.45, 7) is 0. The molecule has 0 aliphatic heterocycles. The summed E-state index contributed by atoms with van der Waals surface area (Å²) in [6.07, 6.45) is 2.93. The van der Waals surface area contributed by atoms with E-state index in [0.717, 1.165) is 0 Å². The Kier molecular flexibility index (Phi) is 1.52. The molecule has 0 unspecified atom stereocenters. The number of carboxylic acids is 1. The largest absolute Gasteiger partial charge is 0.478 e. The van der Waals surface area contributed by atoms with Gasteiger partial charge in [0, 0.05) is 11.1 Å². The van der Waals surface area contributed by atoms with Gasteiger partial charge in [-0.05, 0) is 18.2 Å². The van der Waals surface area contributed by atoms with Gasteiger partial charge in [0.2, 0.25) is 0 Å². The van der Waals surface area contributed by atoms with Crippen molar-refractivity contribution in [3.05, 3.63) is 41.0 Å². The normalized spacial score (nSPS) is 13.1. The Morgan fingerprint density at radius 2 is 2.00 bits per heavy atom. The molecule has 1 aromatic rings. The lowest BCUT2D eigenvalue weighted by molar-refractivity contribution is 0.0696. The zero-order chi connectivity index (χ0) is 9.42. The molecule has 0 bridgehead atoms. The van der Waals surface area contributed by atoms with E-state index in [9.17, 15) is 9.59 Å². The van der Waals surface area contributed by atoms with E-state index in [2.05, 4.69) is 0 Å². The van der Waals surface area contributed by atoms with Crippen molar-refractivity contribution < 1.29 is 14.7 Å². The van der Waals surface area contributed by atoms with Gasteiger partial charge in [0.05, 0.1) is 5.56 Å². The standard InChI is InChI=1S/C10H6O3/c11-9-5-4-6-7(9)2-1-3-8(6)10(12)13/h1-5H,(H,12,13). The average molecular weight is 174 g/mol. The van der Waals surface area contributed by atoms with Gasteiger partial charge in [-0.25, -0.2) is 4.79 Å². The van der Waals surface area contributed by atoms with E-state index < -0.39 is 5.97 Å². The van der Waals surface area contributed by atoms with Crippen LogP contribution in [0.4, 0.5) is 0 Å². The summed E-state index contributed by atoms with van der Waals surface area (Å²) in [5, 5.41) is 8.79. The second kappa shape index (κ2) is 2.55. The van der Waals surface area contributed by atoms with Crippen molar-refractivity contribution in [3.63, 3.8) is 0 Å². The zero-order valence-corrected chi connectivity index (χ0v) is 6.65. The van der Waals surface area contributed by atoms with Crippen molar-refractivity contribution in [2.45, 2.75) is 0 Å². The molecule has 0 fully saturated rings. The summed E-state index contributed by atoms with van der Waals surface area (Å²) >= 11 is 0.